The molecule has 1 aromatic heterocycles. The second-order valence-electron chi connectivity index (χ2n) is 10.2. The van der Waals surface area contributed by atoms with Gasteiger partial charge in [-0.3, -0.25) is 4.79 Å². The minimum absolute atomic E-state index is 0.0350. The number of aryl methyl sites for hydroxylation is 1. The molecule has 2 aromatic carbocycles. The Morgan fingerprint density at radius 1 is 1.16 bits per heavy atom. The summed E-state index contributed by atoms with van der Waals surface area (Å²) in [6.45, 7) is 3.84. The van der Waals surface area contributed by atoms with Crippen LogP contribution in [0.4, 0.5) is 24.7 Å². The fraction of sp³-hybridized carbons (Fsp3) is 0.464. The fourth-order valence-corrected chi connectivity index (χ4v) is 5.25. The van der Waals surface area contributed by atoms with Crippen molar-refractivity contribution in [3.63, 3.8) is 0 Å². The number of hydrogen-bond acceptors (Lipinski definition) is 6. The SMILES string of the molecule is Cc1nc(N[C@H](C)c2cc(N)cc(C(F)(F)F)c2)c2cc([C@H]3CC[C@@H](C(=O)N(C)CCO)CC3)ccc2n1. The molecule has 1 aliphatic carbocycles. The van der Waals surface area contributed by atoms with Gasteiger partial charge in [0.25, 0.3) is 0 Å². The summed E-state index contributed by atoms with van der Waals surface area (Å²) >= 11 is 0. The van der Waals surface area contributed by atoms with Crippen LogP contribution in [-0.2, 0) is 11.0 Å². The molecule has 0 saturated heterocycles. The highest BCUT2D eigenvalue weighted by molar-refractivity contribution is 5.90. The summed E-state index contributed by atoms with van der Waals surface area (Å²) in [7, 11) is 1.72. The Bertz CT molecular complexity index is 1310. The number of carbonyl (C=O) groups excluding carboxylic acids is 1. The van der Waals surface area contributed by atoms with Crippen molar-refractivity contribution in [1.29, 1.82) is 0 Å². The number of benzene rings is 2. The highest BCUT2D eigenvalue weighted by Gasteiger charge is 2.32. The second kappa shape index (κ2) is 11.1. The number of aliphatic hydroxyl groups excluding tert-OH is 1. The Balaban J connectivity index is 1.56. The van der Waals surface area contributed by atoms with Crippen LogP contribution in [0.5, 0.6) is 0 Å². The molecule has 1 atom stereocenters. The predicted molar refractivity (Wildman–Crippen MR) is 142 cm³/mol. The lowest BCUT2D eigenvalue weighted by Crippen LogP contribution is -2.36. The van der Waals surface area contributed by atoms with Crippen molar-refractivity contribution < 1.29 is 23.1 Å². The summed E-state index contributed by atoms with van der Waals surface area (Å²) in [6.07, 6.45) is -1.20. The van der Waals surface area contributed by atoms with E-state index in [0.29, 0.717) is 23.8 Å². The van der Waals surface area contributed by atoms with Crippen LogP contribution >= 0.6 is 0 Å². The van der Waals surface area contributed by atoms with Gasteiger partial charge in [-0.1, -0.05) is 6.07 Å². The molecule has 1 aliphatic rings. The first-order valence-electron chi connectivity index (χ1n) is 12.8. The topological polar surface area (TPSA) is 104 Å². The molecule has 0 unspecified atom stereocenters. The number of rotatable bonds is 7. The second-order valence-corrected chi connectivity index (χ2v) is 10.2. The van der Waals surface area contributed by atoms with Gasteiger partial charge in [0.1, 0.15) is 11.6 Å². The van der Waals surface area contributed by atoms with Gasteiger partial charge in [0.15, 0.2) is 0 Å². The Kier molecular flexibility index (Phi) is 8.10. The molecule has 0 spiro atoms. The lowest BCUT2D eigenvalue weighted by molar-refractivity contribution is -0.137. The molecule has 1 saturated carbocycles. The molecular formula is C28H34F3N5O2. The molecule has 3 aromatic rings. The average Bonchev–Trinajstić information content (AvgIpc) is 2.87. The van der Waals surface area contributed by atoms with Gasteiger partial charge in [0, 0.05) is 30.6 Å². The Hall–Kier alpha value is -3.40. The summed E-state index contributed by atoms with van der Waals surface area (Å²) in [5.41, 5.74) is 7.31. The number of fused-ring (bicyclic) bond motifs is 1. The lowest BCUT2D eigenvalue weighted by Gasteiger charge is -2.30. The number of nitrogen functional groups attached to an aromatic ring is 1. The van der Waals surface area contributed by atoms with Crippen molar-refractivity contribution in [3.8, 4) is 0 Å². The molecule has 0 bridgehead atoms. The van der Waals surface area contributed by atoms with Gasteiger partial charge in [-0.05, 0) is 86.9 Å². The molecular weight excluding hydrogens is 495 g/mol. The van der Waals surface area contributed by atoms with Gasteiger partial charge in [-0.2, -0.15) is 13.2 Å². The highest BCUT2D eigenvalue weighted by Crippen LogP contribution is 2.38. The number of carbonyl (C=O) groups is 1. The van der Waals surface area contributed by atoms with E-state index in [-0.39, 0.29) is 30.0 Å². The number of nitrogens with zero attached hydrogens (tertiary/aromatic N) is 3. The minimum Gasteiger partial charge on any atom is -0.399 e. The maximum absolute atomic E-state index is 13.3. The van der Waals surface area contributed by atoms with E-state index in [2.05, 4.69) is 27.4 Å². The maximum atomic E-state index is 13.3. The number of nitrogens with two attached hydrogens (primary N) is 1. The van der Waals surface area contributed by atoms with Crippen LogP contribution in [0.15, 0.2) is 36.4 Å². The highest BCUT2D eigenvalue weighted by atomic mass is 19.4. The van der Waals surface area contributed by atoms with E-state index in [1.54, 1.807) is 25.8 Å². The zero-order valence-electron chi connectivity index (χ0n) is 21.8. The zero-order chi connectivity index (χ0) is 27.6. The largest absolute Gasteiger partial charge is 0.416 e. The number of amides is 1. The number of hydrogen-bond donors (Lipinski definition) is 3. The van der Waals surface area contributed by atoms with Crippen molar-refractivity contribution in [3.05, 3.63) is 58.9 Å². The Labute approximate surface area is 220 Å². The zero-order valence-corrected chi connectivity index (χ0v) is 21.8. The minimum atomic E-state index is -4.49. The fourth-order valence-electron chi connectivity index (χ4n) is 5.25. The van der Waals surface area contributed by atoms with Gasteiger partial charge in [-0.25, -0.2) is 9.97 Å². The van der Waals surface area contributed by atoms with Crippen LogP contribution in [0.2, 0.25) is 0 Å². The summed E-state index contributed by atoms with van der Waals surface area (Å²) in [5.74, 6) is 1.42. The third-order valence-corrected chi connectivity index (χ3v) is 7.35. The number of alkyl halides is 3. The van der Waals surface area contributed by atoms with Gasteiger partial charge in [0.05, 0.1) is 23.7 Å². The van der Waals surface area contributed by atoms with Gasteiger partial charge < -0.3 is 21.1 Å². The van der Waals surface area contributed by atoms with Crippen molar-refractivity contribution in [1.82, 2.24) is 14.9 Å². The van der Waals surface area contributed by atoms with Crippen LogP contribution < -0.4 is 11.1 Å². The molecule has 4 N–H and O–H groups in total. The standard InChI is InChI=1S/C28H34F3N5O2/c1-16(21-12-22(28(29,30)31)15-23(32)13-21)33-26-24-14-20(8-9-25(24)34-17(2)35-26)18-4-6-19(7-5-18)27(38)36(3)10-11-37/h8-9,12-16,18-19,37H,4-7,10-11,32H2,1-3H3,(H,33,34,35)/t16-,18-,19+/m1/s1. The van der Waals surface area contributed by atoms with Crippen LogP contribution in [0.25, 0.3) is 10.9 Å². The van der Waals surface area contributed by atoms with E-state index < -0.39 is 17.8 Å². The van der Waals surface area contributed by atoms with E-state index in [4.69, 9.17) is 10.8 Å². The number of nitrogens with one attached hydrogen (secondary N) is 1. The molecule has 7 nitrogen and oxygen atoms in total. The van der Waals surface area contributed by atoms with Gasteiger partial charge >= 0.3 is 6.18 Å². The lowest BCUT2D eigenvalue weighted by atomic mass is 9.78. The number of halogens is 3. The molecule has 1 heterocycles. The number of aliphatic hydroxyl groups is 1. The van der Waals surface area contributed by atoms with Crippen molar-refractivity contribution in [2.24, 2.45) is 5.92 Å². The van der Waals surface area contributed by atoms with Crippen molar-refractivity contribution in [2.45, 2.75) is 57.7 Å². The third-order valence-electron chi connectivity index (χ3n) is 7.35. The van der Waals surface area contributed by atoms with Crippen molar-refractivity contribution >= 4 is 28.3 Å². The summed E-state index contributed by atoms with van der Waals surface area (Å²) in [5, 5.41) is 13.2. The molecule has 204 valence electrons. The number of aromatic nitrogens is 2. The summed E-state index contributed by atoms with van der Waals surface area (Å²) in [6, 6.07) is 9.14. The van der Waals surface area contributed by atoms with E-state index >= 15 is 0 Å². The van der Waals surface area contributed by atoms with Crippen LogP contribution in [0.1, 0.15) is 67.1 Å². The maximum Gasteiger partial charge on any atom is 0.416 e. The van der Waals surface area contributed by atoms with E-state index in [9.17, 15) is 18.0 Å². The normalized spacial score (nSPS) is 18.8. The molecule has 10 heteroatoms. The summed E-state index contributed by atoms with van der Waals surface area (Å²) in [4.78, 5) is 23.3. The third kappa shape index (κ3) is 6.18. The molecule has 1 fully saturated rings. The van der Waals surface area contributed by atoms with Gasteiger partial charge in [0.2, 0.25) is 5.91 Å². The first-order chi connectivity index (χ1) is 18.0. The monoisotopic (exact) mass is 529 g/mol. The quantitative estimate of drug-likeness (QED) is 0.352. The Morgan fingerprint density at radius 3 is 2.53 bits per heavy atom. The van der Waals surface area contributed by atoms with Crippen LogP contribution in [0, 0.1) is 12.8 Å². The Morgan fingerprint density at radius 2 is 1.87 bits per heavy atom. The molecule has 0 radical (unpaired) electrons. The van der Waals surface area contributed by atoms with E-state index in [1.165, 1.54) is 6.07 Å². The predicted octanol–water partition coefficient (Wildman–Crippen LogP) is 5.44. The number of anilines is 2. The first-order valence-corrected chi connectivity index (χ1v) is 12.8. The van der Waals surface area contributed by atoms with Crippen molar-refractivity contribution in [2.75, 3.05) is 31.2 Å². The van der Waals surface area contributed by atoms with E-state index in [0.717, 1.165) is 54.3 Å². The van der Waals surface area contributed by atoms with Crippen LogP contribution in [-0.4, -0.2) is 46.1 Å². The molecule has 0 aliphatic heterocycles. The summed E-state index contributed by atoms with van der Waals surface area (Å²) < 4.78 is 40.0. The molecule has 1 amide bonds. The molecule has 38 heavy (non-hydrogen) atoms. The van der Waals surface area contributed by atoms with Crippen LogP contribution in [0.3, 0.4) is 0 Å². The van der Waals surface area contributed by atoms with E-state index in [1.807, 2.05) is 6.07 Å². The first kappa shape index (κ1) is 27.6. The number of likely N-dealkylation sites (N-methyl/N-ethyl adjacent to an activating group) is 1. The van der Waals surface area contributed by atoms with Gasteiger partial charge in [-0.15, -0.1) is 0 Å². The molecule has 4 rings (SSSR count). The smallest absolute Gasteiger partial charge is 0.399 e. The average molecular weight is 530 g/mol.